The summed E-state index contributed by atoms with van der Waals surface area (Å²) in [4.78, 5) is 21.2. The third-order valence-electron chi connectivity index (χ3n) is 3.20. The molecule has 0 aliphatic rings. The molecule has 0 unspecified atom stereocenters. The average Bonchev–Trinajstić information content (AvgIpc) is 2.93. The summed E-state index contributed by atoms with van der Waals surface area (Å²) in [7, 11) is 1.73. The summed E-state index contributed by atoms with van der Waals surface area (Å²) in [6, 6.07) is 12.6. The van der Waals surface area contributed by atoms with Crippen molar-refractivity contribution in [1.82, 2.24) is 9.97 Å². The van der Waals surface area contributed by atoms with Crippen molar-refractivity contribution in [3.63, 3.8) is 0 Å². The third kappa shape index (κ3) is 2.14. The largest absolute Gasteiger partial charge is 0.345 e. The van der Waals surface area contributed by atoms with Gasteiger partial charge in [-0.1, -0.05) is 23.7 Å². The molecule has 2 aromatic carbocycles. The van der Waals surface area contributed by atoms with Gasteiger partial charge in [0.15, 0.2) is 0 Å². The van der Waals surface area contributed by atoms with E-state index in [0.717, 1.165) is 16.7 Å². The molecule has 0 saturated heterocycles. The highest BCUT2D eigenvalue weighted by Gasteiger charge is 2.16. The molecule has 0 atom stereocenters. The van der Waals surface area contributed by atoms with Crippen LogP contribution in [0.4, 0.5) is 5.69 Å². The molecule has 0 aliphatic heterocycles. The number of carbonyl (C=O) groups excluding carboxylic acids is 1. The van der Waals surface area contributed by atoms with Crippen molar-refractivity contribution in [2.24, 2.45) is 0 Å². The highest BCUT2D eigenvalue weighted by Crippen LogP contribution is 2.23. The quantitative estimate of drug-likeness (QED) is 0.783. The van der Waals surface area contributed by atoms with Crippen LogP contribution in [0.5, 0.6) is 0 Å². The Kier molecular flexibility index (Phi) is 3.16. The summed E-state index contributed by atoms with van der Waals surface area (Å²) in [6.45, 7) is 0. The van der Waals surface area contributed by atoms with Gasteiger partial charge in [-0.05, 0) is 30.3 Å². The number of amides is 1. The first-order chi connectivity index (χ1) is 9.66. The fourth-order valence-electron chi connectivity index (χ4n) is 2.06. The molecule has 0 fully saturated rings. The number of imidazole rings is 1. The Morgan fingerprint density at radius 2 is 2.05 bits per heavy atom. The van der Waals surface area contributed by atoms with Gasteiger partial charge in [-0.25, -0.2) is 4.98 Å². The SMILES string of the molecule is CN(C(=O)c1ccccc1Cl)c1ccc2nc[nH]c2c1. The third-order valence-corrected chi connectivity index (χ3v) is 3.53. The second-order valence-corrected chi connectivity index (χ2v) is 4.86. The number of rotatable bonds is 2. The molecule has 20 heavy (non-hydrogen) atoms. The Hall–Kier alpha value is -2.33. The zero-order valence-electron chi connectivity index (χ0n) is 10.8. The fraction of sp³-hybridized carbons (Fsp3) is 0.0667. The number of nitrogens with one attached hydrogen (secondary N) is 1. The minimum Gasteiger partial charge on any atom is -0.345 e. The summed E-state index contributed by atoms with van der Waals surface area (Å²) >= 11 is 6.06. The molecule has 100 valence electrons. The molecule has 0 aliphatic carbocycles. The summed E-state index contributed by atoms with van der Waals surface area (Å²) < 4.78 is 0. The van der Waals surface area contributed by atoms with Crippen LogP contribution in [0.1, 0.15) is 10.4 Å². The van der Waals surface area contributed by atoms with Crippen molar-refractivity contribution in [3.05, 3.63) is 59.4 Å². The maximum absolute atomic E-state index is 12.5. The Bertz CT molecular complexity index is 781. The molecule has 0 spiro atoms. The van der Waals surface area contributed by atoms with Crippen LogP contribution in [0.15, 0.2) is 48.8 Å². The second-order valence-electron chi connectivity index (χ2n) is 4.45. The van der Waals surface area contributed by atoms with Crippen molar-refractivity contribution in [2.45, 2.75) is 0 Å². The topological polar surface area (TPSA) is 49.0 Å². The number of hydrogen-bond acceptors (Lipinski definition) is 2. The maximum atomic E-state index is 12.5. The number of fused-ring (bicyclic) bond motifs is 1. The first-order valence-electron chi connectivity index (χ1n) is 6.12. The van der Waals surface area contributed by atoms with E-state index in [0.29, 0.717) is 10.6 Å². The van der Waals surface area contributed by atoms with E-state index in [2.05, 4.69) is 9.97 Å². The predicted octanol–water partition coefficient (Wildman–Crippen LogP) is 3.49. The van der Waals surface area contributed by atoms with Gasteiger partial charge in [0, 0.05) is 12.7 Å². The molecule has 0 radical (unpaired) electrons. The fourth-order valence-corrected chi connectivity index (χ4v) is 2.28. The lowest BCUT2D eigenvalue weighted by Gasteiger charge is -2.18. The van der Waals surface area contributed by atoms with Gasteiger partial charge in [0.2, 0.25) is 0 Å². The molecule has 0 saturated carbocycles. The molecule has 5 heteroatoms. The van der Waals surface area contributed by atoms with E-state index < -0.39 is 0 Å². The Balaban J connectivity index is 1.97. The van der Waals surface area contributed by atoms with E-state index in [4.69, 9.17) is 11.6 Å². The second kappa shape index (κ2) is 4.98. The lowest BCUT2D eigenvalue weighted by atomic mass is 10.2. The van der Waals surface area contributed by atoms with E-state index in [1.54, 1.807) is 42.5 Å². The molecular formula is C15H12ClN3O. The zero-order chi connectivity index (χ0) is 14.1. The summed E-state index contributed by atoms with van der Waals surface area (Å²) in [5, 5.41) is 0.451. The Morgan fingerprint density at radius 3 is 2.85 bits per heavy atom. The van der Waals surface area contributed by atoms with Crippen LogP contribution in [0, 0.1) is 0 Å². The van der Waals surface area contributed by atoms with E-state index >= 15 is 0 Å². The molecule has 4 nitrogen and oxygen atoms in total. The van der Waals surface area contributed by atoms with E-state index in [9.17, 15) is 4.79 Å². The van der Waals surface area contributed by atoms with Gasteiger partial charge in [-0.3, -0.25) is 4.79 Å². The van der Waals surface area contributed by atoms with Crippen molar-refractivity contribution < 1.29 is 4.79 Å². The van der Waals surface area contributed by atoms with E-state index in [-0.39, 0.29) is 5.91 Å². The summed E-state index contributed by atoms with van der Waals surface area (Å²) in [5.41, 5.74) is 3.03. The first kappa shape index (κ1) is 12.7. The monoisotopic (exact) mass is 285 g/mol. The maximum Gasteiger partial charge on any atom is 0.259 e. The molecule has 1 amide bonds. The minimum atomic E-state index is -0.144. The Labute approximate surface area is 121 Å². The van der Waals surface area contributed by atoms with Crippen LogP contribution >= 0.6 is 11.6 Å². The van der Waals surface area contributed by atoms with Gasteiger partial charge in [-0.2, -0.15) is 0 Å². The highest BCUT2D eigenvalue weighted by molar-refractivity contribution is 6.34. The van der Waals surface area contributed by atoms with Gasteiger partial charge in [0.05, 0.1) is 27.9 Å². The zero-order valence-corrected chi connectivity index (χ0v) is 11.6. The minimum absolute atomic E-state index is 0.144. The Morgan fingerprint density at radius 1 is 1.25 bits per heavy atom. The van der Waals surface area contributed by atoms with Crippen LogP contribution in [-0.2, 0) is 0 Å². The van der Waals surface area contributed by atoms with E-state index in [1.807, 2.05) is 18.2 Å². The van der Waals surface area contributed by atoms with Crippen LogP contribution < -0.4 is 4.90 Å². The van der Waals surface area contributed by atoms with Gasteiger partial charge in [0.25, 0.3) is 5.91 Å². The van der Waals surface area contributed by atoms with Crippen molar-refractivity contribution in [3.8, 4) is 0 Å². The van der Waals surface area contributed by atoms with Crippen LogP contribution in [0.25, 0.3) is 11.0 Å². The molecular weight excluding hydrogens is 274 g/mol. The number of benzene rings is 2. The number of hydrogen-bond donors (Lipinski definition) is 1. The molecule has 3 aromatic rings. The number of nitrogens with zero attached hydrogens (tertiary/aromatic N) is 2. The van der Waals surface area contributed by atoms with Crippen LogP contribution in [-0.4, -0.2) is 22.9 Å². The number of anilines is 1. The van der Waals surface area contributed by atoms with Gasteiger partial charge < -0.3 is 9.88 Å². The van der Waals surface area contributed by atoms with Gasteiger partial charge in [0.1, 0.15) is 0 Å². The van der Waals surface area contributed by atoms with Crippen LogP contribution in [0.3, 0.4) is 0 Å². The van der Waals surface area contributed by atoms with Crippen molar-refractivity contribution in [2.75, 3.05) is 11.9 Å². The summed E-state index contributed by atoms with van der Waals surface area (Å²) in [6.07, 6.45) is 1.63. The standard InChI is InChI=1S/C15H12ClN3O/c1-19(15(20)11-4-2-3-5-12(11)16)10-6-7-13-14(8-10)18-9-17-13/h2-9H,1H3,(H,17,18). The number of H-pyrrole nitrogens is 1. The van der Waals surface area contributed by atoms with Crippen molar-refractivity contribution >= 4 is 34.2 Å². The lowest BCUT2D eigenvalue weighted by Crippen LogP contribution is -2.26. The molecule has 3 rings (SSSR count). The van der Waals surface area contributed by atoms with E-state index in [1.165, 1.54) is 0 Å². The predicted molar refractivity (Wildman–Crippen MR) is 80.3 cm³/mol. The molecule has 1 heterocycles. The number of aromatic nitrogens is 2. The average molecular weight is 286 g/mol. The lowest BCUT2D eigenvalue weighted by molar-refractivity contribution is 0.0993. The normalized spacial score (nSPS) is 10.7. The van der Waals surface area contributed by atoms with Gasteiger partial charge >= 0.3 is 0 Å². The van der Waals surface area contributed by atoms with Crippen LogP contribution in [0.2, 0.25) is 5.02 Å². The molecule has 0 bridgehead atoms. The number of aromatic amines is 1. The highest BCUT2D eigenvalue weighted by atomic mass is 35.5. The molecule has 1 N–H and O–H groups in total. The first-order valence-corrected chi connectivity index (χ1v) is 6.50. The van der Waals surface area contributed by atoms with Crippen molar-refractivity contribution in [1.29, 1.82) is 0 Å². The number of carbonyl (C=O) groups is 1. The van der Waals surface area contributed by atoms with Gasteiger partial charge in [-0.15, -0.1) is 0 Å². The smallest absolute Gasteiger partial charge is 0.259 e. The molecule has 1 aromatic heterocycles. The number of halogens is 1. The summed E-state index contributed by atoms with van der Waals surface area (Å²) in [5.74, 6) is -0.144.